The smallest absolute Gasteiger partial charge is 0.255 e. The van der Waals surface area contributed by atoms with Gasteiger partial charge in [0, 0.05) is 37.4 Å². The zero-order valence-corrected chi connectivity index (χ0v) is 17.7. The maximum absolute atomic E-state index is 12.5. The summed E-state index contributed by atoms with van der Waals surface area (Å²) in [6, 6.07) is 14.6. The molecule has 2 aromatic rings. The molecule has 0 unspecified atom stereocenters. The van der Waals surface area contributed by atoms with Gasteiger partial charge in [-0.2, -0.15) is 0 Å². The molecular weight excluding hydrogens is 402 g/mol. The lowest BCUT2D eigenvalue weighted by atomic mass is 10.1. The molecule has 30 heavy (non-hydrogen) atoms. The molecule has 0 spiro atoms. The van der Waals surface area contributed by atoms with E-state index in [2.05, 4.69) is 10.2 Å². The molecule has 0 radical (unpaired) electrons. The molecule has 160 valence electrons. The Labute approximate surface area is 177 Å². The summed E-state index contributed by atoms with van der Waals surface area (Å²) in [5.74, 6) is -0.0376. The molecule has 8 heteroatoms. The number of benzene rings is 2. The minimum Gasteiger partial charge on any atom is -0.379 e. The first-order chi connectivity index (χ1) is 14.5. The van der Waals surface area contributed by atoms with Gasteiger partial charge in [-0.1, -0.05) is 12.1 Å². The van der Waals surface area contributed by atoms with Crippen LogP contribution in [0.4, 0.5) is 11.4 Å². The predicted octanol–water partition coefficient (Wildman–Crippen LogP) is 2.35. The van der Waals surface area contributed by atoms with Crippen LogP contribution in [-0.2, 0) is 21.2 Å². The Morgan fingerprint density at radius 1 is 0.967 bits per heavy atom. The number of hydrogen-bond acceptors (Lipinski definition) is 5. The quantitative estimate of drug-likeness (QED) is 0.763. The first kappa shape index (κ1) is 20.8. The minimum atomic E-state index is -3.21. The van der Waals surface area contributed by atoms with Gasteiger partial charge in [0.1, 0.15) is 0 Å². The monoisotopic (exact) mass is 429 g/mol. The maximum Gasteiger partial charge on any atom is 0.255 e. The van der Waals surface area contributed by atoms with Gasteiger partial charge in [0.2, 0.25) is 10.0 Å². The molecule has 0 atom stereocenters. The van der Waals surface area contributed by atoms with Gasteiger partial charge in [0.15, 0.2) is 0 Å². The summed E-state index contributed by atoms with van der Waals surface area (Å²) in [6.07, 6.45) is 1.60. The fraction of sp³-hybridized carbons (Fsp3) is 0.409. The molecule has 0 bridgehead atoms. The van der Waals surface area contributed by atoms with Crippen LogP contribution >= 0.6 is 0 Å². The van der Waals surface area contributed by atoms with Crippen LogP contribution in [0.1, 0.15) is 22.3 Å². The third-order valence-electron chi connectivity index (χ3n) is 5.55. The molecule has 1 N–H and O–H groups in total. The van der Waals surface area contributed by atoms with Gasteiger partial charge in [-0.25, -0.2) is 8.42 Å². The average Bonchev–Trinajstić information content (AvgIpc) is 3.13. The summed E-state index contributed by atoms with van der Waals surface area (Å²) in [4.78, 5) is 14.9. The Kier molecular flexibility index (Phi) is 6.36. The maximum atomic E-state index is 12.5. The van der Waals surface area contributed by atoms with Crippen molar-refractivity contribution < 1.29 is 17.9 Å². The van der Waals surface area contributed by atoms with Gasteiger partial charge >= 0.3 is 0 Å². The molecule has 1 amide bonds. The molecule has 2 saturated heterocycles. The molecule has 2 aromatic carbocycles. The summed E-state index contributed by atoms with van der Waals surface area (Å²) in [6.45, 7) is 5.08. The van der Waals surface area contributed by atoms with Gasteiger partial charge in [-0.3, -0.25) is 14.0 Å². The Morgan fingerprint density at radius 3 is 2.30 bits per heavy atom. The zero-order chi connectivity index (χ0) is 21.0. The lowest BCUT2D eigenvalue weighted by Crippen LogP contribution is -2.37. The summed E-state index contributed by atoms with van der Waals surface area (Å²) in [5, 5.41) is 2.90. The summed E-state index contributed by atoms with van der Waals surface area (Å²) in [7, 11) is -3.21. The van der Waals surface area contributed by atoms with E-state index in [1.807, 2.05) is 24.3 Å². The van der Waals surface area contributed by atoms with E-state index in [0.29, 0.717) is 24.2 Å². The van der Waals surface area contributed by atoms with E-state index in [1.54, 1.807) is 24.3 Å². The van der Waals surface area contributed by atoms with Crippen molar-refractivity contribution in [3.8, 4) is 0 Å². The first-order valence-corrected chi connectivity index (χ1v) is 11.9. The third-order valence-corrected chi connectivity index (χ3v) is 7.42. The molecule has 7 nitrogen and oxygen atoms in total. The second kappa shape index (κ2) is 9.16. The number of amides is 1. The van der Waals surface area contributed by atoms with Gasteiger partial charge < -0.3 is 10.1 Å². The Bertz CT molecular complexity index is 968. The number of nitrogens with zero attached hydrogens (tertiary/aromatic N) is 2. The lowest BCUT2D eigenvalue weighted by molar-refractivity contribution is 0.0384. The second-order valence-corrected chi connectivity index (χ2v) is 9.66. The number of ether oxygens (including phenoxy) is 1. The molecule has 2 heterocycles. The van der Waals surface area contributed by atoms with Crippen molar-refractivity contribution in [3.05, 3.63) is 59.7 Å². The van der Waals surface area contributed by atoms with Gasteiger partial charge in [0.25, 0.3) is 5.91 Å². The standard InChI is InChI=1S/C22H27N3O4S/c26-22(19-4-8-21(9-5-19)25-11-1-17-30(25,27)28)23-20-6-2-18(3-7-20)10-12-24-13-15-29-16-14-24/h2-9H,1,10-17H2,(H,23,26). The SMILES string of the molecule is O=C(Nc1ccc(CCN2CCOCC2)cc1)c1ccc(N2CCCS2(=O)=O)cc1. The third kappa shape index (κ3) is 5.00. The Morgan fingerprint density at radius 2 is 1.67 bits per heavy atom. The van der Waals surface area contributed by atoms with Crippen molar-refractivity contribution in [1.82, 2.24) is 4.90 Å². The number of carbonyl (C=O) groups excluding carboxylic acids is 1. The van der Waals surface area contributed by atoms with Gasteiger partial charge in [-0.05, 0) is 54.8 Å². The normalized spacial score (nSPS) is 19.0. The molecule has 0 aliphatic carbocycles. The predicted molar refractivity (Wildman–Crippen MR) is 118 cm³/mol. The van der Waals surface area contributed by atoms with E-state index in [0.717, 1.165) is 45.0 Å². The number of rotatable bonds is 6. The number of carbonyl (C=O) groups is 1. The van der Waals surface area contributed by atoms with E-state index in [9.17, 15) is 13.2 Å². The van der Waals surface area contributed by atoms with Crippen LogP contribution < -0.4 is 9.62 Å². The Balaban J connectivity index is 1.32. The van der Waals surface area contributed by atoms with Crippen molar-refractivity contribution in [2.75, 3.05) is 54.8 Å². The second-order valence-electron chi connectivity index (χ2n) is 7.64. The van der Waals surface area contributed by atoms with Gasteiger partial charge in [-0.15, -0.1) is 0 Å². The highest BCUT2D eigenvalue weighted by Crippen LogP contribution is 2.24. The van der Waals surface area contributed by atoms with Gasteiger partial charge in [0.05, 0.1) is 24.7 Å². The molecule has 4 rings (SSSR count). The van der Waals surface area contributed by atoms with Crippen LogP contribution in [0.15, 0.2) is 48.5 Å². The van der Waals surface area contributed by atoms with E-state index in [1.165, 1.54) is 9.87 Å². The molecule has 0 saturated carbocycles. The van der Waals surface area contributed by atoms with Crippen molar-refractivity contribution >= 4 is 27.3 Å². The van der Waals surface area contributed by atoms with Crippen LogP contribution in [-0.4, -0.2) is 64.4 Å². The van der Waals surface area contributed by atoms with Crippen LogP contribution in [0.5, 0.6) is 0 Å². The molecular formula is C22H27N3O4S. The van der Waals surface area contributed by atoms with E-state index in [4.69, 9.17) is 4.74 Å². The lowest BCUT2D eigenvalue weighted by Gasteiger charge is -2.26. The number of morpholine rings is 1. The molecule has 0 aromatic heterocycles. The van der Waals surface area contributed by atoms with Crippen molar-refractivity contribution in [2.45, 2.75) is 12.8 Å². The number of nitrogens with one attached hydrogen (secondary N) is 1. The number of hydrogen-bond donors (Lipinski definition) is 1. The van der Waals surface area contributed by atoms with Crippen molar-refractivity contribution in [2.24, 2.45) is 0 Å². The highest BCUT2D eigenvalue weighted by molar-refractivity contribution is 7.93. The van der Waals surface area contributed by atoms with E-state index >= 15 is 0 Å². The molecule has 2 fully saturated rings. The highest BCUT2D eigenvalue weighted by Gasteiger charge is 2.28. The van der Waals surface area contributed by atoms with Crippen LogP contribution in [0.3, 0.4) is 0 Å². The van der Waals surface area contributed by atoms with Crippen molar-refractivity contribution in [1.29, 1.82) is 0 Å². The largest absolute Gasteiger partial charge is 0.379 e. The molecule has 2 aliphatic rings. The fourth-order valence-electron chi connectivity index (χ4n) is 3.78. The first-order valence-electron chi connectivity index (χ1n) is 10.3. The summed E-state index contributed by atoms with van der Waals surface area (Å²) >= 11 is 0. The highest BCUT2D eigenvalue weighted by atomic mass is 32.2. The average molecular weight is 430 g/mol. The molecule has 2 aliphatic heterocycles. The topological polar surface area (TPSA) is 79.0 Å². The minimum absolute atomic E-state index is 0.178. The number of sulfonamides is 1. The van der Waals surface area contributed by atoms with E-state index in [-0.39, 0.29) is 11.7 Å². The van der Waals surface area contributed by atoms with Crippen LogP contribution in [0.2, 0.25) is 0 Å². The fourth-order valence-corrected chi connectivity index (χ4v) is 5.34. The van der Waals surface area contributed by atoms with Crippen LogP contribution in [0.25, 0.3) is 0 Å². The number of anilines is 2. The summed E-state index contributed by atoms with van der Waals surface area (Å²) in [5.41, 5.74) is 3.07. The zero-order valence-electron chi connectivity index (χ0n) is 16.9. The summed E-state index contributed by atoms with van der Waals surface area (Å²) < 4.78 is 30.8. The van der Waals surface area contributed by atoms with Crippen LogP contribution in [0, 0.1) is 0 Å². The van der Waals surface area contributed by atoms with Crippen molar-refractivity contribution in [3.63, 3.8) is 0 Å². The van der Waals surface area contributed by atoms with E-state index < -0.39 is 10.0 Å². The Hall–Kier alpha value is -2.42.